The molecule has 3 amide bonds. The molecule has 0 aromatic heterocycles. The summed E-state index contributed by atoms with van der Waals surface area (Å²) in [7, 11) is 3.12. The number of rotatable bonds is 7. The first-order valence-corrected chi connectivity index (χ1v) is 13.2. The highest BCUT2D eigenvalue weighted by atomic mass is 19.1. The maximum absolute atomic E-state index is 14.6. The molecule has 3 aromatic carbocycles. The topological polar surface area (TPSA) is 124 Å². The van der Waals surface area contributed by atoms with Gasteiger partial charge in [0.15, 0.2) is 0 Å². The molecule has 1 heterocycles. The number of nitrogens with zero attached hydrogens (tertiary/aromatic N) is 2. The molecule has 0 fully saturated rings. The molecular formula is C31H32FN5O4. The molecule has 0 saturated heterocycles. The van der Waals surface area contributed by atoms with Gasteiger partial charge in [-0.1, -0.05) is 30.3 Å². The Morgan fingerprint density at radius 2 is 1.88 bits per heavy atom. The molecule has 10 heteroatoms. The van der Waals surface area contributed by atoms with Gasteiger partial charge in [-0.3, -0.25) is 14.4 Å². The highest BCUT2D eigenvalue weighted by Gasteiger charge is 2.38. The lowest BCUT2D eigenvalue weighted by atomic mass is 9.89. The first-order chi connectivity index (χ1) is 19.6. The Hall–Kier alpha value is -4.75. The lowest BCUT2D eigenvalue weighted by Crippen LogP contribution is -2.58. The molecule has 212 valence electrons. The standard InChI is InChI=1S/C31H32FN5O4/c1-17(34-4)30(39)36-29-18(2)37(19(3)38)27-15-21(10-12-26(27)35-31(29)40)24(16-33)23-14-20(11-13-28(23)41-5)22-8-6-7-9-25(22)32/h6-15,17-18,24,29,34H,1-5H3,(H,35,40)(H,36,39)/t17-,18-,24?,29-/m0/s1. The number of nitriles is 1. The third kappa shape index (κ3) is 5.76. The largest absolute Gasteiger partial charge is 0.496 e. The Kier molecular flexibility index (Phi) is 8.69. The lowest BCUT2D eigenvalue weighted by molar-refractivity contribution is -0.128. The number of methoxy groups -OCH3 is 1. The summed E-state index contributed by atoms with van der Waals surface area (Å²) in [6.07, 6.45) is 0. The number of ether oxygens (including phenoxy) is 1. The van der Waals surface area contributed by atoms with Gasteiger partial charge in [0.2, 0.25) is 17.7 Å². The average molecular weight is 558 g/mol. The Bertz CT molecular complexity index is 1540. The minimum absolute atomic E-state index is 0.346. The van der Waals surface area contributed by atoms with Crippen molar-refractivity contribution in [2.75, 3.05) is 24.4 Å². The Balaban J connectivity index is 1.79. The molecule has 4 rings (SSSR count). The van der Waals surface area contributed by atoms with Gasteiger partial charge in [0.25, 0.3) is 0 Å². The van der Waals surface area contributed by atoms with Crippen molar-refractivity contribution in [2.45, 2.75) is 44.8 Å². The highest BCUT2D eigenvalue weighted by molar-refractivity contribution is 6.07. The van der Waals surface area contributed by atoms with Crippen molar-refractivity contribution in [3.8, 4) is 22.9 Å². The van der Waals surface area contributed by atoms with Crippen molar-refractivity contribution in [1.29, 1.82) is 5.26 Å². The van der Waals surface area contributed by atoms with E-state index in [2.05, 4.69) is 22.0 Å². The van der Waals surface area contributed by atoms with Crippen molar-refractivity contribution in [3.63, 3.8) is 0 Å². The summed E-state index contributed by atoms with van der Waals surface area (Å²) in [6, 6.07) is 16.5. The van der Waals surface area contributed by atoms with E-state index in [1.807, 2.05) is 0 Å². The number of carbonyl (C=O) groups is 3. The molecule has 0 spiro atoms. The number of nitrogens with one attached hydrogen (secondary N) is 3. The van der Waals surface area contributed by atoms with Crippen LogP contribution in [-0.2, 0) is 14.4 Å². The van der Waals surface area contributed by atoms with Gasteiger partial charge in [-0.15, -0.1) is 0 Å². The number of hydrogen-bond donors (Lipinski definition) is 3. The van der Waals surface area contributed by atoms with Crippen LogP contribution in [0.2, 0.25) is 0 Å². The van der Waals surface area contributed by atoms with Gasteiger partial charge < -0.3 is 25.6 Å². The van der Waals surface area contributed by atoms with Crippen molar-refractivity contribution < 1.29 is 23.5 Å². The average Bonchev–Trinajstić information content (AvgIpc) is 3.06. The molecule has 9 nitrogen and oxygen atoms in total. The molecule has 1 unspecified atom stereocenters. The number of benzene rings is 3. The number of likely N-dealkylation sites (N-methyl/N-ethyl adjacent to an activating group) is 1. The van der Waals surface area contributed by atoms with E-state index < -0.39 is 35.8 Å². The molecule has 1 aliphatic heterocycles. The monoisotopic (exact) mass is 557 g/mol. The molecule has 0 bridgehead atoms. The zero-order valence-electron chi connectivity index (χ0n) is 23.5. The van der Waals surface area contributed by atoms with Crippen LogP contribution in [-0.4, -0.2) is 50.0 Å². The summed E-state index contributed by atoms with van der Waals surface area (Å²) in [5, 5.41) is 18.7. The van der Waals surface area contributed by atoms with Crippen molar-refractivity contribution >= 4 is 29.1 Å². The van der Waals surface area contributed by atoms with Gasteiger partial charge in [0, 0.05) is 18.1 Å². The second kappa shape index (κ2) is 12.2. The Morgan fingerprint density at radius 3 is 2.51 bits per heavy atom. The first-order valence-electron chi connectivity index (χ1n) is 13.2. The van der Waals surface area contributed by atoms with Crippen molar-refractivity contribution in [2.24, 2.45) is 0 Å². The van der Waals surface area contributed by atoms with E-state index >= 15 is 0 Å². The van der Waals surface area contributed by atoms with Gasteiger partial charge in [-0.2, -0.15) is 5.26 Å². The molecular weight excluding hydrogens is 525 g/mol. The maximum atomic E-state index is 14.6. The van der Waals surface area contributed by atoms with E-state index in [1.54, 1.807) is 75.5 Å². The Labute approximate surface area is 238 Å². The molecule has 0 radical (unpaired) electrons. The number of carbonyl (C=O) groups excluding carboxylic acids is 3. The SMILES string of the molecule is CN[C@@H](C)C(=O)N[C@@H]1C(=O)Nc2ccc(C(C#N)c3cc(-c4ccccc4F)ccc3OC)cc2N(C(C)=O)[C@H]1C. The summed E-state index contributed by atoms with van der Waals surface area (Å²) in [5.74, 6) is -2.00. The summed E-state index contributed by atoms with van der Waals surface area (Å²) in [6.45, 7) is 4.72. The van der Waals surface area contributed by atoms with E-state index in [0.717, 1.165) is 0 Å². The van der Waals surface area contributed by atoms with E-state index in [0.29, 0.717) is 39.4 Å². The Morgan fingerprint density at radius 1 is 1.15 bits per heavy atom. The predicted molar refractivity (Wildman–Crippen MR) is 154 cm³/mol. The van der Waals surface area contributed by atoms with E-state index in [9.17, 15) is 24.0 Å². The normalized spacial score (nSPS) is 17.8. The van der Waals surface area contributed by atoms with Crippen LogP contribution in [0.25, 0.3) is 11.1 Å². The van der Waals surface area contributed by atoms with Gasteiger partial charge in [-0.25, -0.2) is 4.39 Å². The van der Waals surface area contributed by atoms with Crippen LogP contribution in [0.5, 0.6) is 5.75 Å². The van der Waals surface area contributed by atoms with Gasteiger partial charge in [0.05, 0.1) is 42.6 Å². The highest BCUT2D eigenvalue weighted by Crippen LogP contribution is 2.40. The second-order valence-corrected chi connectivity index (χ2v) is 9.89. The number of fused-ring (bicyclic) bond motifs is 1. The zero-order valence-corrected chi connectivity index (χ0v) is 23.5. The van der Waals surface area contributed by atoms with Crippen LogP contribution in [0, 0.1) is 17.1 Å². The first kappa shape index (κ1) is 29.2. The molecule has 3 aromatic rings. The smallest absolute Gasteiger partial charge is 0.249 e. The van der Waals surface area contributed by atoms with Crippen LogP contribution in [0.4, 0.5) is 15.8 Å². The van der Waals surface area contributed by atoms with Gasteiger partial charge in [0.1, 0.15) is 17.6 Å². The van der Waals surface area contributed by atoms with Crippen molar-refractivity contribution in [3.05, 3.63) is 77.6 Å². The van der Waals surface area contributed by atoms with Gasteiger partial charge >= 0.3 is 0 Å². The summed E-state index contributed by atoms with van der Waals surface area (Å²) < 4.78 is 20.1. The van der Waals surface area contributed by atoms with E-state index in [1.165, 1.54) is 25.0 Å². The van der Waals surface area contributed by atoms with Gasteiger partial charge in [-0.05, 0) is 62.4 Å². The van der Waals surface area contributed by atoms with E-state index in [4.69, 9.17) is 4.74 Å². The van der Waals surface area contributed by atoms with Crippen LogP contribution in [0.1, 0.15) is 37.8 Å². The van der Waals surface area contributed by atoms with Crippen molar-refractivity contribution in [1.82, 2.24) is 10.6 Å². The number of anilines is 2. The van der Waals surface area contributed by atoms with Crippen LogP contribution >= 0.6 is 0 Å². The fourth-order valence-corrected chi connectivity index (χ4v) is 5.03. The molecule has 0 saturated carbocycles. The third-order valence-electron chi connectivity index (χ3n) is 7.36. The number of halogens is 1. The number of hydrogen-bond acceptors (Lipinski definition) is 6. The van der Waals surface area contributed by atoms with Crippen LogP contribution in [0.15, 0.2) is 60.7 Å². The minimum Gasteiger partial charge on any atom is -0.496 e. The zero-order chi connectivity index (χ0) is 29.8. The molecule has 1 aliphatic rings. The summed E-state index contributed by atoms with van der Waals surface area (Å²) in [4.78, 5) is 40.2. The predicted octanol–water partition coefficient (Wildman–Crippen LogP) is 3.94. The number of amides is 3. The third-order valence-corrected chi connectivity index (χ3v) is 7.36. The maximum Gasteiger partial charge on any atom is 0.249 e. The lowest BCUT2D eigenvalue weighted by Gasteiger charge is -2.32. The van der Waals surface area contributed by atoms with Crippen LogP contribution in [0.3, 0.4) is 0 Å². The minimum atomic E-state index is -1.03. The molecule has 41 heavy (non-hydrogen) atoms. The molecule has 3 N–H and O–H groups in total. The molecule has 0 aliphatic carbocycles. The van der Waals surface area contributed by atoms with E-state index in [-0.39, 0.29) is 11.8 Å². The fraction of sp³-hybridized carbons (Fsp3) is 0.290. The molecule has 4 atom stereocenters. The van der Waals surface area contributed by atoms with Crippen LogP contribution < -0.4 is 25.6 Å². The summed E-state index contributed by atoms with van der Waals surface area (Å²) >= 11 is 0. The second-order valence-electron chi connectivity index (χ2n) is 9.89. The fourth-order valence-electron chi connectivity index (χ4n) is 5.03. The quantitative estimate of drug-likeness (QED) is 0.404. The summed E-state index contributed by atoms with van der Waals surface area (Å²) in [5.41, 5.74) is 2.77.